The van der Waals surface area contributed by atoms with E-state index in [1.165, 1.54) is 11.1 Å². The molecule has 1 N–H and O–H groups in total. The number of hydrogen-bond donors (Lipinski definition) is 1. The molecule has 0 aromatic heterocycles. The molecule has 4 heteroatoms. The number of hydrogen-bond acceptors (Lipinski definition) is 3. The predicted octanol–water partition coefficient (Wildman–Crippen LogP) is 1.91. The Balaban J connectivity index is 1.88. The quantitative estimate of drug-likeness (QED) is 0.919. The Hall–Kier alpha value is -1.39. The highest BCUT2D eigenvalue weighted by atomic mass is 16.2. The summed E-state index contributed by atoms with van der Waals surface area (Å²) in [5, 5.41) is 3.59. The molecule has 2 unspecified atom stereocenters. The molecule has 1 aliphatic carbocycles. The zero-order chi connectivity index (χ0) is 15.2. The van der Waals surface area contributed by atoms with E-state index in [9.17, 15) is 4.79 Å². The Morgan fingerprint density at radius 3 is 2.71 bits per heavy atom. The van der Waals surface area contributed by atoms with E-state index in [1.54, 1.807) is 0 Å². The first kappa shape index (κ1) is 14.5. The fourth-order valence-corrected chi connectivity index (χ4v) is 3.02. The molecular formula is C17H25N3O. The summed E-state index contributed by atoms with van der Waals surface area (Å²) < 4.78 is 0. The maximum Gasteiger partial charge on any atom is 0.244 e. The number of carbonyl (C=O) groups is 1. The van der Waals surface area contributed by atoms with Gasteiger partial charge in [0.15, 0.2) is 0 Å². The van der Waals surface area contributed by atoms with E-state index in [0.717, 1.165) is 19.4 Å². The molecule has 2 aliphatic rings. The van der Waals surface area contributed by atoms with E-state index in [-0.39, 0.29) is 17.6 Å². The summed E-state index contributed by atoms with van der Waals surface area (Å²) in [5.41, 5.74) is 2.16. The number of amides is 1. The molecule has 4 nitrogen and oxygen atoms in total. The van der Waals surface area contributed by atoms with Crippen LogP contribution in [0.3, 0.4) is 0 Å². The molecule has 1 saturated heterocycles. The zero-order valence-corrected chi connectivity index (χ0v) is 13.4. The van der Waals surface area contributed by atoms with Gasteiger partial charge in [0.2, 0.25) is 5.91 Å². The van der Waals surface area contributed by atoms with E-state index in [1.807, 2.05) is 4.90 Å². The third kappa shape index (κ3) is 2.58. The molecule has 1 amide bonds. The van der Waals surface area contributed by atoms with E-state index in [2.05, 4.69) is 62.4 Å². The van der Waals surface area contributed by atoms with Gasteiger partial charge in [0.05, 0.1) is 0 Å². The van der Waals surface area contributed by atoms with Gasteiger partial charge in [-0.05, 0) is 46.3 Å². The van der Waals surface area contributed by atoms with Crippen molar-refractivity contribution in [3.63, 3.8) is 0 Å². The van der Waals surface area contributed by atoms with Gasteiger partial charge in [0, 0.05) is 12.6 Å². The fourth-order valence-electron chi connectivity index (χ4n) is 3.02. The monoisotopic (exact) mass is 287 g/mol. The van der Waals surface area contributed by atoms with Crippen molar-refractivity contribution in [3.8, 4) is 0 Å². The molecule has 114 valence electrons. The summed E-state index contributed by atoms with van der Waals surface area (Å²) in [6.07, 6.45) is 1.96. The molecule has 2 atom stereocenters. The zero-order valence-electron chi connectivity index (χ0n) is 13.4. The Kier molecular flexibility index (Phi) is 3.54. The van der Waals surface area contributed by atoms with Gasteiger partial charge in [0.1, 0.15) is 11.7 Å². The SMILES string of the molecule is Cc1cccc(C2NC3(CC3)C(=O)N2CC(C)N(C)C)c1. The highest BCUT2D eigenvalue weighted by Crippen LogP contribution is 2.46. The first-order valence-electron chi connectivity index (χ1n) is 7.75. The predicted molar refractivity (Wildman–Crippen MR) is 83.9 cm³/mol. The van der Waals surface area contributed by atoms with Gasteiger partial charge in [-0.15, -0.1) is 0 Å². The Morgan fingerprint density at radius 2 is 2.14 bits per heavy atom. The maximum absolute atomic E-state index is 12.8. The first-order valence-corrected chi connectivity index (χ1v) is 7.75. The second kappa shape index (κ2) is 5.11. The number of aryl methyl sites for hydroxylation is 1. The number of nitrogens with one attached hydrogen (secondary N) is 1. The molecule has 2 fully saturated rings. The average molecular weight is 287 g/mol. The third-order valence-electron chi connectivity index (χ3n) is 4.85. The van der Waals surface area contributed by atoms with Crippen LogP contribution in [0.15, 0.2) is 24.3 Å². The van der Waals surface area contributed by atoms with Crippen LogP contribution in [-0.2, 0) is 4.79 Å². The van der Waals surface area contributed by atoms with Crippen LogP contribution in [0.5, 0.6) is 0 Å². The number of nitrogens with zero attached hydrogens (tertiary/aromatic N) is 2. The van der Waals surface area contributed by atoms with E-state index >= 15 is 0 Å². The molecule has 0 radical (unpaired) electrons. The summed E-state index contributed by atoms with van der Waals surface area (Å²) in [4.78, 5) is 17.0. The largest absolute Gasteiger partial charge is 0.320 e. The Bertz CT molecular complexity index is 551. The lowest BCUT2D eigenvalue weighted by molar-refractivity contribution is -0.131. The Morgan fingerprint density at radius 1 is 1.43 bits per heavy atom. The molecule has 3 rings (SSSR count). The van der Waals surface area contributed by atoms with E-state index < -0.39 is 0 Å². The highest BCUT2D eigenvalue weighted by Gasteiger charge is 2.59. The van der Waals surface area contributed by atoms with Gasteiger partial charge in [0.25, 0.3) is 0 Å². The minimum Gasteiger partial charge on any atom is -0.320 e. The van der Waals surface area contributed by atoms with Gasteiger partial charge in [-0.3, -0.25) is 10.1 Å². The number of rotatable bonds is 4. The molecule has 1 heterocycles. The average Bonchev–Trinajstić information content (AvgIpc) is 3.17. The smallest absolute Gasteiger partial charge is 0.244 e. The van der Waals surface area contributed by atoms with Crippen LogP contribution in [-0.4, -0.2) is 47.9 Å². The van der Waals surface area contributed by atoms with Gasteiger partial charge >= 0.3 is 0 Å². The molecule has 1 aromatic rings. The highest BCUT2D eigenvalue weighted by molar-refractivity contribution is 5.92. The van der Waals surface area contributed by atoms with Crippen LogP contribution in [0.25, 0.3) is 0 Å². The van der Waals surface area contributed by atoms with Crippen molar-refractivity contribution in [1.29, 1.82) is 0 Å². The topological polar surface area (TPSA) is 35.6 Å². The summed E-state index contributed by atoms with van der Waals surface area (Å²) in [6, 6.07) is 8.81. The molecule has 0 bridgehead atoms. The first-order chi connectivity index (χ1) is 9.93. The van der Waals surface area contributed by atoms with Crippen molar-refractivity contribution in [1.82, 2.24) is 15.1 Å². The molecular weight excluding hydrogens is 262 g/mol. The van der Waals surface area contributed by atoms with Crippen molar-refractivity contribution in [3.05, 3.63) is 35.4 Å². The van der Waals surface area contributed by atoms with Crippen LogP contribution in [0.1, 0.15) is 37.1 Å². The van der Waals surface area contributed by atoms with Crippen molar-refractivity contribution in [2.45, 2.75) is 44.4 Å². The summed E-state index contributed by atoms with van der Waals surface area (Å²) in [6.45, 7) is 5.03. The van der Waals surface area contributed by atoms with Crippen LogP contribution in [0.2, 0.25) is 0 Å². The van der Waals surface area contributed by atoms with Crippen LogP contribution < -0.4 is 5.32 Å². The van der Waals surface area contributed by atoms with Gasteiger partial charge < -0.3 is 9.80 Å². The lowest BCUT2D eigenvalue weighted by Crippen LogP contribution is -2.41. The van der Waals surface area contributed by atoms with Crippen molar-refractivity contribution in [2.24, 2.45) is 0 Å². The molecule has 1 spiro atoms. The normalized spacial score (nSPS) is 24.9. The van der Waals surface area contributed by atoms with Crippen molar-refractivity contribution < 1.29 is 4.79 Å². The Labute approximate surface area is 127 Å². The van der Waals surface area contributed by atoms with E-state index in [0.29, 0.717) is 6.04 Å². The molecule has 1 aliphatic heterocycles. The standard InChI is InChI=1S/C17H25N3O/c1-12-6-5-7-14(10-12)15-18-17(8-9-17)16(21)20(15)11-13(2)19(3)4/h5-7,10,13,15,18H,8-9,11H2,1-4H3. The number of likely N-dealkylation sites (N-methyl/N-ethyl adjacent to an activating group) is 1. The summed E-state index contributed by atoms with van der Waals surface area (Å²) in [5.74, 6) is 0.280. The van der Waals surface area contributed by atoms with Crippen LogP contribution >= 0.6 is 0 Å². The second-order valence-corrected chi connectivity index (χ2v) is 6.81. The maximum atomic E-state index is 12.8. The summed E-state index contributed by atoms with van der Waals surface area (Å²) >= 11 is 0. The van der Waals surface area contributed by atoms with Crippen LogP contribution in [0, 0.1) is 6.92 Å². The number of carbonyl (C=O) groups excluding carboxylic acids is 1. The van der Waals surface area contributed by atoms with Crippen LogP contribution in [0.4, 0.5) is 0 Å². The van der Waals surface area contributed by atoms with Crippen molar-refractivity contribution >= 4 is 5.91 Å². The molecule has 1 aromatic carbocycles. The minimum absolute atomic E-state index is 0.0160. The van der Waals surface area contributed by atoms with Gasteiger partial charge in [-0.2, -0.15) is 0 Å². The number of benzene rings is 1. The third-order valence-corrected chi connectivity index (χ3v) is 4.85. The lowest BCUT2D eigenvalue weighted by atomic mass is 10.1. The second-order valence-electron chi connectivity index (χ2n) is 6.81. The molecule has 1 saturated carbocycles. The fraction of sp³-hybridized carbons (Fsp3) is 0.588. The summed E-state index contributed by atoms with van der Waals surface area (Å²) in [7, 11) is 4.13. The van der Waals surface area contributed by atoms with Crippen molar-refractivity contribution in [2.75, 3.05) is 20.6 Å². The lowest BCUT2D eigenvalue weighted by Gasteiger charge is -2.30. The minimum atomic E-state index is -0.263. The molecule has 21 heavy (non-hydrogen) atoms. The van der Waals surface area contributed by atoms with Gasteiger partial charge in [-0.25, -0.2) is 0 Å². The van der Waals surface area contributed by atoms with Gasteiger partial charge in [-0.1, -0.05) is 29.8 Å². The van der Waals surface area contributed by atoms with E-state index in [4.69, 9.17) is 0 Å².